The highest BCUT2D eigenvalue weighted by Crippen LogP contribution is 2.37. The van der Waals surface area contributed by atoms with Crippen LogP contribution in [0.2, 0.25) is 0 Å². The number of amides is 3. The van der Waals surface area contributed by atoms with Crippen LogP contribution in [0, 0.1) is 19.8 Å². The maximum Gasteiger partial charge on any atom is 0.325 e. The number of aromatic nitrogens is 2. The fourth-order valence-electron chi connectivity index (χ4n) is 6.05. The highest BCUT2D eigenvalue weighted by molar-refractivity contribution is 6.07. The summed E-state index contributed by atoms with van der Waals surface area (Å²) in [6.07, 6.45) is 1.92. The second kappa shape index (κ2) is 9.76. The van der Waals surface area contributed by atoms with Crippen molar-refractivity contribution in [2.24, 2.45) is 5.92 Å². The molecule has 4 heterocycles. The van der Waals surface area contributed by atoms with Crippen molar-refractivity contribution >= 4 is 11.9 Å². The molecule has 0 saturated carbocycles. The van der Waals surface area contributed by atoms with Gasteiger partial charge in [-0.3, -0.25) is 19.3 Å². The van der Waals surface area contributed by atoms with Crippen molar-refractivity contribution in [1.29, 1.82) is 0 Å². The van der Waals surface area contributed by atoms with Crippen LogP contribution in [0.5, 0.6) is 11.5 Å². The first-order valence-electron chi connectivity index (χ1n) is 13.1. The molecule has 36 heavy (non-hydrogen) atoms. The predicted octanol–water partition coefficient (Wildman–Crippen LogP) is 3.27. The summed E-state index contributed by atoms with van der Waals surface area (Å²) in [7, 11) is 0. The van der Waals surface area contributed by atoms with Crippen LogP contribution in [0.1, 0.15) is 50.1 Å². The Morgan fingerprint density at radius 3 is 2.50 bits per heavy atom. The van der Waals surface area contributed by atoms with Gasteiger partial charge in [-0.1, -0.05) is 19.1 Å². The number of rotatable bonds is 7. The van der Waals surface area contributed by atoms with Gasteiger partial charge in [0, 0.05) is 24.3 Å². The molecule has 0 radical (unpaired) electrons. The summed E-state index contributed by atoms with van der Waals surface area (Å²) in [5.74, 6) is 1.30. The van der Waals surface area contributed by atoms with Crippen LogP contribution in [0.3, 0.4) is 0 Å². The molecule has 1 aromatic heterocycles. The summed E-state index contributed by atoms with van der Waals surface area (Å²) in [5.41, 5.74) is 2.77. The van der Waals surface area contributed by atoms with Crippen LogP contribution in [0.15, 0.2) is 24.3 Å². The average Bonchev–Trinajstić information content (AvgIpc) is 3.31. The molecule has 1 N–H and O–H groups in total. The van der Waals surface area contributed by atoms with Gasteiger partial charge in [-0.05, 0) is 71.2 Å². The number of hydrogen-bond donors (Lipinski definition) is 1. The van der Waals surface area contributed by atoms with E-state index >= 15 is 0 Å². The first-order chi connectivity index (χ1) is 17.4. The van der Waals surface area contributed by atoms with Gasteiger partial charge in [-0.2, -0.15) is 5.10 Å². The van der Waals surface area contributed by atoms with E-state index in [2.05, 4.69) is 40.8 Å². The molecule has 9 nitrogen and oxygen atoms in total. The quantitative estimate of drug-likeness (QED) is 0.593. The number of fused-ring (bicyclic) bond motifs is 1. The lowest BCUT2D eigenvalue weighted by Crippen LogP contribution is -2.56. The molecule has 2 unspecified atom stereocenters. The lowest BCUT2D eigenvalue weighted by atomic mass is 9.75. The maximum atomic E-state index is 13.7. The molecule has 5 rings (SSSR count). The molecule has 2 aromatic rings. The Kier molecular flexibility index (Phi) is 6.68. The van der Waals surface area contributed by atoms with Gasteiger partial charge >= 0.3 is 6.03 Å². The van der Waals surface area contributed by atoms with Crippen molar-refractivity contribution in [3.63, 3.8) is 0 Å². The number of para-hydroxylation sites is 2. The second-order valence-corrected chi connectivity index (χ2v) is 10.2. The van der Waals surface area contributed by atoms with Crippen LogP contribution < -0.4 is 14.8 Å². The molecule has 2 atom stereocenters. The Hall–Kier alpha value is -3.07. The minimum Gasteiger partial charge on any atom is -0.486 e. The molecule has 9 heteroatoms. The summed E-state index contributed by atoms with van der Waals surface area (Å²) in [4.78, 5) is 30.5. The molecule has 3 amide bonds. The first kappa shape index (κ1) is 24.6. The van der Waals surface area contributed by atoms with E-state index in [0.29, 0.717) is 24.5 Å². The number of nitrogens with one attached hydrogen (secondary N) is 1. The molecule has 3 aliphatic rings. The zero-order valence-electron chi connectivity index (χ0n) is 21.7. The number of imide groups is 1. The van der Waals surface area contributed by atoms with Crippen LogP contribution in [-0.4, -0.2) is 69.4 Å². The fraction of sp³-hybridized carbons (Fsp3) is 0.593. The Morgan fingerprint density at radius 2 is 1.83 bits per heavy atom. The van der Waals surface area contributed by atoms with Gasteiger partial charge in [0.05, 0.1) is 12.2 Å². The van der Waals surface area contributed by atoms with Gasteiger partial charge in [0.25, 0.3) is 5.91 Å². The fourth-order valence-corrected chi connectivity index (χ4v) is 6.05. The van der Waals surface area contributed by atoms with Crippen molar-refractivity contribution in [1.82, 2.24) is 24.9 Å². The van der Waals surface area contributed by atoms with E-state index in [0.717, 1.165) is 44.7 Å². The van der Waals surface area contributed by atoms with Gasteiger partial charge < -0.3 is 14.8 Å². The van der Waals surface area contributed by atoms with E-state index in [-0.39, 0.29) is 30.5 Å². The predicted molar refractivity (Wildman–Crippen MR) is 135 cm³/mol. The molecule has 2 fully saturated rings. The van der Waals surface area contributed by atoms with Crippen molar-refractivity contribution in [3.05, 3.63) is 41.2 Å². The number of benzene rings is 1. The Labute approximate surface area is 212 Å². The Balaban J connectivity index is 1.23. The third-order valence-corrected chi connectivity index (χ3v) is 8.21. The van der Waals surface area contributed by atoms with Crippen LogP contribution in [0.4, 0.5) is 4.79 Å². The second-order valence-electron chi connectivity index (χ2n) is 10.2. The van der Waals surface area contributed by atoms with E-state index in [9.17, 15) is 9.59 Å². The molecule has 194 valence electrons. The highest BCUT2D eigenvalue weighted by atomic mass is 16.6. The van der Waals surface area contributed by atoms with E-state index in [1.807, 2.05) is 31.2 Å². The standard InChI is InChI=1S/C27H37N5O4/c1-5-27(20-11-13-30(14-12-20)16-22-18(3)29-32(6-2)19(22)4)25(33)31(26(34)28-27)15-21-17-35-23-9-7-8-10-24(23)36-21/h7-10,20-21H,5-6,11-17H2,1-4H3,(H,28,34). The number of likely N-dealkylation sites (tertiary alicyclic amines) is 1. The molecular formula is C27H37N5O4. The van der Waals surface area contributed by atoms with Gasteiger partial charge in [-0.25, -0.2) is 4.79 Å². The Bertz CT molecular complexity index is 1140. The normalized spacial score (nSPS) is 24.9. The van der Waals surface area contributed by atoms with E-state index < -0.39 is 5.54 Å². The van der Waals surface area contributed by atoms with E-state index in [1.165, 1.54) is 16.2 Å². The van der Waals surface area contributed by atoms with Crippen LogP contribution in [-0.2, 0) is 17.9 Å². The SMILES string of the molecule is CCn1nc(C)c(CN2CCC(C3(CC)NC(=O)N(CC4COc5ccccc5O4)C3=O)CC2)c1C. The van der Waals surface area contributed by atoms with E-state index in [4.69, 9.17) is 9.47 Å². The third-order valence-electron chi connectivity index (χ3n) is 8.21. The number of ether oxygens (including phenoxy) is 2. The number of piperidine rings is 1. The highest BCUT2D eigenvalue weighted by Gasteiger charge is 2.55. The minimum atomic E-state index is -0.852. The molecule has 0 bridgehead atoms. The summed E-state index contributed by atoms with van der Waals surface area (Å²) in [6, 6.07) is 7.14. The summed E-state index contributed by atoms with van der Waals surface area (Å²) < 4.78 is 13.9. The third kappa shape index (κ3) is 4.23. The smallest absolute Gasteiger partial charge is 0.325 e. The van der Waals surface area contributed by atoms with Gasteiger partial charge in [-0.15, -0.1) is 0 Å². The van der Waals surface area contributed by atoms with Gasteiger partial charge in [0.2, 0.25) is 0 Å². The number of urea groups is 1. The zero-order chi connectivity index (χ0) is 25.4. The van der Waals surface area contributed by atoms with Crippen molar-refractivity contribution in [2.45, 2.75) is 71.7 Å². The van der Waals surface area contributed by atoms with Crippen molar-refractivity contribution in [2.75, 3.05) is 26.2 Å². The molecule has 0 aliphatic carbocycles. The molecule has 1 aromatic carbocycles. The minimum absolute atomic E-state index is 0.102. The average molecular weight is 496 g/mol. The van der Waals surface area contributed by atoms with Crippen molar-refractivity contribution < 1.29 is 19.1 Å². The topological polar surface area (TPSA) is 88.9 Å². The molecule has 0 spiro atoms. The molecule has 2 saturated heterocycles. The number of hydrogen-bond acceptors (Lipinski definition) is 6. The number of carbonyl (C=O) groups excluding carboxylic acids is 2. The number of carbonyl (C=O) groups is 2. The van der Waals surface area contributed by atoms with Crippen LogP contribution >= 0.6 is 0 Å². The first-order valence-corrected chi connectivity index (χ1v) is 13.1. The largest absolute Gasteiger partial charge is 0.486 e. The maximum absolute atomic E-state index is 13.7. The number of nitrogens with zero attached hydrogens (tertiary/aromatic N) is 4. The van der Waals surface area contributed by atoms with Gasteiger partial charge in [0.1, 0.15) is 12.1 Å². The van der Waals surface area contributed by atoms with E-state index in [1.54, 1.807) is 0 Å². The Morgan fingerprint density at radius 1 is 1.11 bits per heavy atom. The van der Waals surface area contributed by atoms with Crippen LogP contribution in [0.25, 0.3) is 0 Å². The van der Waals surface area contributed by atoms with Crippen molar-refractivity contribution in [3.8, 4) is 11.5 Å². The lowest BCUT2D eigenvalue weighted by Gasteiger charge is -2.40. The monoisotopic (exact) mass is 495 g/mol. The lowest BCUT2D eigenvalue weighted by molar-refractivity contribution is -0.135. The van der Waals surface area contributed by atoms with Gasteiger partial charge in [0.15, 0.2) is 17.6 Å². The summed E-state index contributed by atoms with van der Waals surface area (Å²) >= 11 is 0. The zero-order valence-corrected chi connectivity index (χ0v) is 21.7. The molecule has 3 aliphatic heterocycles. The number of aryl methyl sites for hydroxylation is 2. The summed E-state index contributed by atoms with van der Waals surface area (Å²) in [5, 5.41) is 7.75. The summed E-state index contributed by atoms with van der Waals surface area (Å²) in [6.45, 7) is 12.3. The molecular weight excluding hydrogens is 458 g/mol.